The summed E-state index contributed by atoms with van der Waals surface area (Å²) >= 11 is 0. The molecular weight excluding hydrogens is 282 g/mol. The van der Waals surface area contributed by atoms with Gasteiger partial charge in [-0.3, -0.25) is 0 Å². The van der Waals surface area contributed by atoms with Crippen LogP contribution >= 0.6 is 0 Å². The molecule has 0 bridgehead atoms. The molecule has 2 aromatic rings. The van der Waals surface area contributed by atoms with Gasteiger partial charge in [0.15, 0.2) is 0 Å². The molecule has 1 unspecified atom stereocenters. The van der Waals surface area contributed by atoms with Gasteiger partial charge >= 0.3 is 6.18 Å². The molecule has 2 aromatic carbocycles. The zero-order chi connectivity index (χ0) is 15.8. The summed E-state index contributed by atoms with van der Waals surface area (Å²) in [4.78, 5) is 0. The summed E-state index contributed by atoms with van der Waals surface area (Å²) < 4.78 is 52.1. The molecule has 112 valence electrons. The third-order valence-corrected chi connectivity index (χ3v) is 3.64. The predicted molar refractivity (Wildman–Crippen MR) is 73.3 cm³/mol. The summed E-state index contributed by atoms with van der Waals surface area (Å²) in [5.41, 5.74) is 7.36. The van der Waals surface area contributed by atoms with Crippen molar-refractivity contribution in [1.29, 1.82) is 0 Å². The molecule has 0 aliphatic carbocycles. The Kier molecular flexibility index (Phi) is 4.05. The smallest absolute Gasteiger partial charge is 0.320 e. The third kappa shape index (κ3) is 3.08. The number of aryl methyl sites for hydroxylation is 1. The van der Waals surface area contributed by atoms with Gasteiger partial charge in [0.25, 0.3) is 0 Å². The van der Waals surface area contributed by atoms with E-state index in [0.717, 1.165) is 23.3 Å². The molecular formula is C16H15F4N. The number of hydrogen-bond donors (Lipinski definition) is 1. The first-order chi connectivity index (χ1) is 9.71. The van der Waals surface area contributed by atoms with E-state index >= 15 is 0 Å². The maximum Gasteiger partial charge on any atom is 0.416 e. The molecule has 0 radical (unpaired) electrons. The minimum absolute atomic E-state index is 0.154. The Labute approximate surface area is 120 Å². The maximum absolute atomic E-state index is 13.9. The van der Waals surface area contributed by atoms with Gasteiger partial charge in [0, 0.05) is 5.56 Å². The van der Waals surface area contributed by atoms with Crippen LogP contribution in [0.15, 0.2) is 36.4 Å². The van der Waals surface area contributed by atoms with E-state index in [1.54, 1.807) is 12.1 Å². The minimum Gasteiger partial charge on any atom is -0.320 e. The van der Waals surface area contributed by atoms with E-state index in [0.29, 0.717) is 11.6 Å². The van der Waals surface area contributed by atoms with Gasteiger partial charge in [-0.1, -0.05) is 18.2 Å². The summed E-state index contributed by atoms with van der Waals surface area (Å²) in [7, 11) is 0. The SMILES string of the molecule is Cc1cccc(C(N)c2cc(C(F)(F)F)ccc2F)c1C. The van der Waals surface area contributed by atoms with E-state index in [2.05, 4.69) is 0 Å². The van der Waals surface area contributed by atoms with E-state index in [1.165, 1.54) is 0 Å². The van der Waals surface area contributed by atoms with Gasteiger partial charge in [-0.25, -0.2) is 4.39 Å². The molecule has 0 fully saturated rings. The zero-order valence-corrected chi connectivity index (χ0v) is 11.6. The highest BCUT2D eigenvalue weighted by Gasteiger charge is 2.32. The van der Waals surface area contributed by atoms with Gasteiger partial charge in [-0.15, -0.1) is 0 Å². The highest BCUT2D eigenvalue weighted by atomic mass is 19.4. The van der Waals surface area contributed by atoms with E-state index in [1.807, 2.05) is 19.9 Å². The highest BCUT2D eigenvalue weighted by Crippen LogP contribution is 2.33. The van der Waals surface area contributed by atoms with Gasteiger partial charge in [0.2, 0.25) is 0 Å². The summed E-state index contributed by atoms with van der Waals surface area (Å²) in [6.07, 6.45) is -4.52. The predicted octanol–water partition coefficient (Wildman–Crippen LogP) is 4.51. The molecule has 0 aliphatic heterocycles. The van der Waals surface area contributed by atoms with Crippen molar-refractivity contribution in [2.24, 2.45) is 5.73 Å². The van der Waals surface area contributed by atoms with Crippen LogP contribution in [0.1, 0.15) is 33.9 Å². The number of benzene rings is 2. The molecule has 5 heteroatoms. The second-order valence-electron chi connectivity index (χ2n) is 5.00. The molecule has 0 heterocycles. The van der Waals surface area contributed by atoms with Crippen molar-refractivity contribution >= 4 is 0 Å². The van der Waals surface area contributed by atoms with Crippen LogP contribution in [0.25, 0.3) is 0 Å². The van der Waals surface area contributed by atoms with E-state index in [4.69, 9.17) is 5.73 Å². The van der Waals surface area contributed by atoms with Gasteiger partial charge in [-0.05, 0) is 48.7 Å². The largest absolute Gasteiger partial charge is 0.416 e. The average Bonchev–Trinajstić information content (AvgIpc) is 2.40. The Morgan fingerprint density at radius 1 is 1.00 bits per heavy atom. The third-order valence-electron chi connectivity index (χ3n) is 3.64. The Hall–Kier alpha value is -1.88. The summed E-state index contributed by atoms with van der Waals surface area (Å²) in [6.45, 7) is 3.68. The average molecular weight is 297 g/mol. The fraction of sp³-hybridized carbons (Fsp3) is 0.250. The van der Waals surface area contributed by atoms with Crippen LogP contribution in [-0.4, -0.2) is 0 Å². The molecule has 2 N–H and O–H groups in total. The lowest BCUT2D eigenvalue weighted by Gasteiger charge is -2.18. The van der Waals surface area contributed by atoms with Crippen molar-refractivity contribution < 1.29 is 17.6 Å². The quantitative estimate of drug-likeness (QED) is 0.811. The standard InChI is InChI=1S/C16H15F4N/c1-9-4-3-5-12(10(9)2)15(21)13-8-11(16(18,19)20)6-7-14(13)17/h3-8,15H,21H2,1-2H3. The van der Waals surface area contributed by atoms with Crippen LogP contribution in [0.4, 0.5) is 17.6 Å². The normalized spacial score (nSPS) is 13.3. The van der Waals surface area contributed by atoms with Crippen LogP contribution in [0.3, 0.4) is 0 Å². The lowest BCUT2D eigenvalue weighted by Crippen LogP contribution is -2.17. The zero-order valence-electron chi connectivity index (χ0n) is 11.6. The van der Waals surface area contributed by atoms with Crippen LogP contribution in [0.2, 0.25) is 0 Å². The molecule has 0 spiro atoms. The van der Waals surface area contributed by atoms with Gasteiger partial charge in [0.05, 0.1) is 11.6 Å². The molecule has 1 atom stereocenters. The number of alkyl halides is 3. The summed E-state index contributed by atoms with van der Waals surface area (Å²) in [5.74, 6) is -0.739. The lowest BCUT2D eigenvalue weighted by molar-refractivity contribution is -0.137. The summed E-state index contributed by atoms with van der Waals surface area (Å²) in [6, 6.07) is 6.69. The van der Waals surface area contributed by atoms with Gasteiger partial charge in [0.1, 0.15) is 5.82 Å². The Balaban J connectivity index is 2.53. The van der Waals surface area contributed by atoms with E-state index in [-0.39, 0.29) is 5.56 Å². The first-order valence-electron chi connectivity index (χ1n) is 6.40. The molecule has 0 saturated carbocycles. The van der Waals surface area contributed by atoms with Crippen LogP contribution in [-0.2, 0) is 6.18 Å². The van der Waals surface area contributed by atoms with Crippen molar-refractivity contribution in [1.82, 2.24) is 0 Å². The minimum atomic E-state index is -4.52. The van der Waals surface area contributed by atoms with Crippen LogP contribution < -0.4 is 5.73 Å². The fourth-order valence-corrected chi connectivity index (χ4v) is 2.24. The Bertz CT molecular complexity index is 662. The van der Waals surface area contributed by atoms with Gasteiger partial charge < -0.3 is 5.73 Å². The van der Waals surface area contributed by atoms with Gasteiger partial charge in [-0.2, -0.15) is 13.2 Å². The van der Waals surface area contributed by atoms with E-state index < -0.39 is 23.6 Å². The molecule has 2 rings (SSSR count). The molecule has 0 aliphatic rings. The van der Waals surface area contributed by atoms with Crippen LogP contribution in [0.5, 0.6) is 0 Å². The monoisotopic (exact) mass is 297 g/mol. The van der Waals surface area contributed by atoms with Crippen molar-refractivity contribution in [3.63, 3.8) is 0 Å². The molecule has 0 aromatic heterocycles. The second kappa shape index (κ2) is 5.48. The highest BCUT2D eigenvalue weighted by molar-refractivity contribution is 5.42. The van der Waals surface area contributed by atoms with Crippen molar-refractivity contribution in [2.75, 3.05) is 0 Å². The Morgan fingerprint density at radius 2 is 1.67 bits per heavy atom. The number of rotatable bonds is 2. The number of nitrogens with two attached hydrogens (primary N) is 1. The lowest BCUT2D eigenvalue weighted by atomic mass is 9.92. The van der Waals surface area contributed by atoms with Crippen molar-refractivity contribution in [2.45, 2.75) is 26.1 Å². The topological polar surface area (TPSA) is 26.0 Å². The molecule has 21 heavy (non-hydrogen) atoms. The van der Waals surface area contributed by atoms with Crippen molar-refractivity contribution in [3.05, 3.63) is 70.0 Å². The maximum atomic E-state index is 13.9. The molecule has 1 nitrogen and oxygen atoms in total. The summed E-state index contributed by atoms with van der Waals surface area (Å²) in [5, 5.41) is 0. The second-order valence-corrected chi connectivity index (χ2v) is 5.00. The number of halogens is 4. The molecule has 0 saturated heterocycles. The first kappa shape index (κ1) is 15.5. The van der Waals surface area contributed by atoms with E-state index in [9.17, 15) is 17.6 Å². The van der Waals surface area contributed by atoms with Crippen molar-refractivity contribution in [3.8, 4) is 0 Å². The fourth-order valence-electron chi connectivity index (χ4n) is 2.24. The first-order valence-corrected chi connectivity index (χ1v) is 6.40. The number of hydrogen-bond acceptors (Lipinski definition) is 1. The van der Waals surface area contributed by atoms with Crippen LogP contribution in [0, 0.1) is 19.7 Å². The molecule has 0 amide bonds. The Morgan fingerprint density at radius 3 is 2.29 bits per heavy atom.